The summed E-state index contributed by atoms with van der Waals surface area (Å²) in [7, 11) is 4.66. The second-order valence-electron chi connectivity index (χ2n) is 8.29. The van der Waals surface area contributed by atoms with Gasteiger partial charge in [0.1, 0.15) is 23.6 Å². The van der Waals surface area contributed by atoms with Crippen molar-refractivity contribution in [2.75, 3.05) is 60.6 Å². The molecule has 0 spiro atoms. The van der Waals surface area contributed by atoms with Crippen LogP contribution in [0.2, 0.25) is 0 Å². The number of likely N-dealkylation sites (N-methyl/N-ethyl adjacent to an activating group) is 1. The minimum absolute atomic E-state index is 0.00668. The van der Waals surface area contributed by atoms with Crippen LogP contribution in [0.4, 0.5) is 0 Å². The van der Waals surface area contributed by atoms with Gasteiger partial charge < -0.3 is 19.1 Å². The Morgan fingerprint density at radius 2 is 1.54 bits per heavy atom. The number of hydrogen-bond donors (Lipinski definition) is 0. The summed E-state index contributed by atoms with van der Waals surface area (Å²) in [6.07, 6.45) is 0. The monoisotopic (exact) mass is 478 g/mol. The molecular formula is C26H30N4O5. The van der Waals surface area contributed by atoms with Gasteiger partial charge >= 0.3 is 11.9 Å². The van der Waals surface area contributed by atoms with E-state index >= 15 is 0 Å². The van der Waals surface area contributed by atoms with Gasteiger partial charge in [-0.1, -0.05) is 30.3 Å². The highest BCUT2D eigenvalue weighted by Gasteiger charge is 2.32. The van der Waals surface area contributed by atoms with Crippen molar-refractivity contribution < 1.29 is 23.8 Å². The molecule has 35 heavy (non-hydrogen) atoms. The molecule has 184 valence electrons. The maximum atomic E-state index is 12.9. The zero-order chi connectivity index (χ0) is 24.8. The standard InChI is InChI=1S/C26H30N4O5/c1-28-13-15-29(16-14-28)17-18-35-21-12-8-7-11-20(21)23-22(25(31)33-2)24(26(32)34-3)30(27-23)19-9-5-4-6-10-19/h4-12H,13-18H2,1-3H3. The Morgan fingerprint density at radius 1 is 0.886 bits per heavy atom. The predicted molar refractivity (Wildman–Crippen MR) is 131 cm³/mol. The maximum Gasteiger partial charge on any atom is 0.357 e. The number of para-hydroxylation sites is 2. The van der Waals surface area contributed by atoms with Gasteiger partial charge in [-0.2, -0.15) is 5.10 Å². The van der Waals surface area contributed by atoms with E-state index in [2.05, 4.69) is 21.9 Å². The van der Waals surface area contributed by atoms with Gasteiger partial charge in [-0.25, -0.2) is 14.3 Å². The van der Waals surface area contributed by atoms with Gasteiger partial charge in [0.05, 0.1) is 19.9 Å². The van der Waals surface area contributed by atoms with Crippen LogP contribution < -0.4 is 4.74 Å². The molecule has 0 atom stereocenters. The Kier molecular flexibility index (Phi) is 7.79. The van der Waals surface area contributed by atoms with Crippen LogP contribution in [0.3, 0.4) is 0 Å². The molecule has 2 aromatic carbocycles. The SMILES string of the molecule is COC(=O)c1c(-c2ccccc2OCCN2CCN(C)CC2)nn(-c2ccccc2)c1C(=O)OC. The molecule has 1 saturated heterocycles. The van der Waals surface area contributed by atoms with Gasteiger partial charge in [-0.3, -0.25) is 4.90 Å². The predicted octanol–water partition coefficient (Wildman–Crippen LogP) is 2.74. The second-order valence-corrected chi connectivity index (χ2v) is 8.29. The maximum absolute atomic E-state index is 12.9. The Bertz CT molecular complexity index is 1170. The summed E-state index contributed by atoms with van der Waals surface area (Å²) in [5.41, 5.74) is 1.51. The summed E-state index contributed by atoms with van der Waals surface area (Å²) in [6, 6.07) is 16.4. The number of ether oxygens (including phenoxy) is 3. The minimum Gasteiger partial charge on any atom is -0.492 e. The van der Waals surface area contributed by atoms with Gasteiger partial charge in [0.15, 0.2) is 5.69 Å². The van der Waals surface area contributed by atoms with E-state index in [1.54, 1.807) is 12.1 Å². The van der Waals surface area contributed by atoms with E-state index in [0.717, 1.165) is 32.7 Å². The number of hydrogen-bond acceptors (Lipinski definition) is 8. The molecule has 4 rings (SSSR count). The average Bonchev–Trinajstić information content (AvgIpc) is 3.30. The molecule has 0 N–H and O–H groups in total. The number of nitrogens with zero attached hydrogens (tertiary/aromatic N) is 4. The first kappa shape index (κ1) is 24.4. The third-order valence-electron chi connectivity index (χ3n) is 6.06. The lowest BCUT2D eigenvalue weighted by Gasteiger charge is -2.32. The average molecular weight is 479 g/mol. The fourth-order valence-electron chi connectivity index (χ4n) is 4.09. The number of aromatic nitrogens is 2. The van der Waals surface area contributed by atoms with Gasteiger partial charge in [0.25, 0.3) is 0 Å². The minimum atomic E-state index is -0.693. The molecule has 0 radical (unpaired) electrons. The molecule has 9 nitrogen and oxygen atoms in total. The van der Waals surface area contributed by atoms with Gasteiger partial charge in [0.2, 0.25) is 0 Å². The van der Waals surface area contributed by atoms with Crippen molar-refractivity contribution in [3.05, 3.63) is 65.9 Å². The van der Waals surface area contributed by atoms with E-state index in [1.165, 1.54) is 18.9 Å². The molecule has 0 bridgehead atoms. The normalized spacial score (nSPS) is 14.5. The molecule has 0 unspecified atom stereocenters. The third kappa shape index (κ3) is 5.36. The van der Waals surface area contributed by atoms with Crippen LogP contribution in [0.25, 0.3) is 16.9 Å². The zero-order valence-electron chi connectivity index (χ0n) is 20.3. The Labute approximate surface area is 204 Å². The number of carbonyl (C=O) groups excluding carboxylic acids is 2. The third-order valence-corrected chi connectivity index (χ3v) is 6.06. The van der Waals surface area contributed by atoms with Crippen molar-refractivity contribution in [2.45, 2.75) is 0 Å². The number of carbonyl (C=O) groups is 2. The molecule has 0 aliphatic carbocycles. The Morgan fingerprint density at radius 3 is 2.23 bits per heavy atom. The van der Waals surface area contributed by atoms with Crippen molar-refractivity contribution in [1.82, 2.24) is 19.6 Å². The number of rotatable bonds is 8. The van der Waals surface area contributed by atoms with E-state index in [9.17, 15) is 9.59 Å². The van der Waals surface area contributed by atoms with Crippen molar-refractivity contribution in [3.8, 4) is 22.7 Å². The van der Waals surface area contributed by atoms with Crippen LogP contribution in [0.15, 0.2) is 54.6 Å². The fraction of sp³-hybridized carbons (Fsp3) is 0.346. The summed E-state index contributed by atoms with van der Waals surface area (Å²) in [6.45, 7) is 5.34. The van der Waals surface area contributed by atoms with E-state index in [-0.39, 0.29) is 17.0 Å². The molecule has 1 fully saturated rings. The lowest BCUT2D eigenvalue weighted by molar-refractivity contribution is 0.0549. The van der Waals surface area contributed by atoms with Gasteiger partial charge in [-0.05, 0) is 31.3 Å². The highest BCUT2D eigenvalue weighted by atomic mass is 16.5. The summed E-state index contributed by atoms with van der Waals surface area (Å²) in [4.78, 5) is 30.4. The van der Waals surface area contributed by atoms with Gasteiger partial charge in [-0.15, -0.1) is 0 Å². The van der Waals surface area contributed by atoms with Crippen molar-refractivity contribution in [2.24, 2.45) is 0 Å². The first-order valence-electron chi connectivity index (χ1n) is 11.5. The van der Waals surface area contributed by atoms with E-state index in [0.29, 0.717) is 23.6 Å². The van der Waals surface area contributed by atoms with E-state index < -0.39 is 11.9 Å². The lowest BCUT2D eigenvalue weighted by atomic mass is 10.0. The lowest BCUT2D eigenvalue weighted by Crippen LogP contribution is -2.45. The highest BCUT2D eigenvalue weighted by molar-refractivity contribution is 6.07. The summed E-state index contributed by atoms with van der Waals surface area (Å²) in [5.74, 6) is -0.808. The summed E-state index contributed by atoms with van der Waals surface area (Å²) >= 11 is 0. The quantitative estimate of drug-likeness (QED) is 0.457. The number of benzene rings is 2. The fourth-order valence-corrected chi connectivity index (χ4v) is 4.09. The molecule has 2 heterocycles. The van der Waals surface area contributed by atoms with Crippen molar-refractivity contribution >= 4 is 11.9 Å². The molecule has 1 aliphatic heterocycles. The second kappa shape index (κ2) is 11.2. The molecule has 1 aliphatic rings. The van der Waals surface area contributed by atoms with E-state index in [4.69, 9.17) is 14.2 Å². The number of esters is 2. The topological polar surface area (TPSA) is 86.1 Å². The smallest absolute Gasteiger partial charge is 0.357 e. The van der Waals surface area contributed by atoms with Crippen LogP contribution in [0.1, 0.15) is 20.8 Å². The summed E-state index contributed by atoms with van der Waals surface area (Å²) < 4.78 is 17.6. The highest BCUT2D eigenvalue weighted by Crippen LogP contribution is 2.35. The first-order valence-corrected chi connectivity index (χ1v) is 11.5. The number of piperazine rings is 1. The molecule has 0 amide bonds. The molecule has 0 saturated carbocycles. The molecular weight excluding hydrogens is 448 g/mol. The Balaban J connectivity index is 1.72. The largest absolute Gasteiger partial charge is 0.492 e. The van der Waals surface area contributed by atoms with Crippen molar-refractivity contribution in [3.63, 3.8) is 0 Å². The Hall–Kier alpha value is -3.69. The van der Waals surface area contributed by atoms with Crippen molar-refractivity contribution in [1.29, 1.82) is 0 Å². The molecule has 1 aromatic heterocycles. The first-order chi connectivity index (χ1) is 17.0. The van der Waals surface area contributed by atoms with Gasteiger partial charge in [0, 0.05) is 38.3 Å². The zero-order valence-corrected chi connectivity index (χ0v) is 20.3. The molecule has 9 heteroatoms. The van der Waals surface area contributed by atoms with Crippen LogP contribution in [0, 0.1) is 0 Å². The summed E-state index contributed by atoms with van der Waals surface area (Å²) in [5, 5.41) is 4.67. The molecule has 3 aromatic rings. The van der Waals surface area contributed by atoms with Crippen LogP contribution in [-0.2, 0) is 9.47 Å². The van der Waals surface area contributed by atoms with E-state index in [1.807, 2.05) is 42.5 Å². The number of methoxy groups -OCH3 is 2. The van der Waals surface area contributed by atoms with Crippen LogP contribution in [0.5, 0.6) is 5.75 Å². The van der Waals surface area contributed by atoms with Crippen LogP contribution >= 0.6 is 0 Å². The van der Waals surface area contributed by atoms with Crippen LogP contribution in [-0.4, -0.2) is 92.1 Å².